The van der Waals surface area contributed by atoms with Gasteiger partial charge in [0.2, 0.25) is 5.91 Å². The first-order valence-electron chi connectivity index (χ1n) is 8.18. The smallest absolute Gasteiger partial charge is 0.228 e. The molecule has 0 radical (unpaired) electrons. The molecule has 4 nitrogen and oxygen atoms in total. The highest BCUT2D eigenvalue weighted by atomic mass is 19.1. The molecule has 0 atom stereocenters. The number of halogens is 1. The Balaban J connectivity index is 1.69. The quantitative estimate of drug-likeness (QED) is 0.938. The highest BCUT2D eigenvalue weighted by Gasteiger charge is 2.17. The molecule has 1 aliphatic rings. The zero-order valence-electron chi connectivity index (χ0n) is 13.8. The predicted molar refractivity (Wildman–Crippen MR) is 94.9 cm³/mol. The number of nitrogens with zero attached hydrogens (tertiary/aromatic N) is 2. The summed E-state index contributed by atoms with van der Waals surface area (Å²) >= 11 is 0. The van der Waals surface area contributed by atoms with Crippen LogP contribution in [-0.2, 0) is 11.2 Å². The molecule has 24 heavy (non-hydrogen) atoms. The lowest BCUT2D eigenvalue weighted by Gasteiger charge is -2.35. The van der Waals surface area contributed by atoms with Gasteiger partial charge in [0.15, 0.2) is 0 Å². The molecule has 1 heterocycles. The van der Waals surface area contributed by atoms with Gasteiger partial charge in [0.1, 0.15) is 5.82 Å². The third kappa shape index (κ3) is 4.11. The van der Waals surface area contributed by atoms with Gasteiger partial charge in [0.05, 0.1) is 17.8 Å². The molecule has 1 saturated heterocycles. The molecule has 0 saturated carbocycles. The van der Waals surface area contributed by atoms with Crippen molar-refractivity contribution in [1.29, 1.82) is 0 Å². The predicted octanol–water partition coefficient (Wildman–Crippen LogP) is 2.76. The maximum atomic E-state index is 13.2. The number of nitrogens with one attached hydrogen (secondary N) is 1. The van der Waals surface area contributed by atoms with Crippen LogP contribution in [0.25, 0.3) is 0 Å². The van der Waals surface area contributed by atoms with E-state index in [1.807, 2.05) is 24.3 Å². The van der Waals surface area contributed by atoms with Crippen molar-refractivity contribution in [1.82, 2.24) is 4.90 Å². The summed E-state index contributed by atoms with van der Waals surface area (Å²) in [6.45, 7) is 3.89. The van der Waals surface area contributed by atoms with Crippen LogP contribution in [0.5, 0.6) is 0 Å². The Hall–Kier alpha value is -2.40. The molecule has 1 amide bonds. The van der Waals surface area contributed by atoms with Crippen LogP contribution in [0.3, 0.4) is 0 Å². The largest absolute Gasteiger partial charge is 0.367 e. The molecule has 5 heteroatoms. The van der Waals surface area contributed by atoms with Gasteiger partial charge in [-0.05, 0) is 36.9 Å². The molecule has 1 fully saturated rings. The lowest BCUT2D eigenvalue weighted by atomic mass is 10.1. The van der Waals surface area contributed by atoms with Gasteiger partial charge in [-0.2, -0.15) is 0 Å². The molecule has 1 aliphatic heterocycles. The standard InChI is InChI=1S/C19H22FN3O/c1-22-9-11-23(12-10-22)18-8-3-2-7-17(18)21-19(24)14-15-5-4-6-16(20)13-15/h2-8,13H,9-12,14H2,1H3,(H,21,24). The van der Waals surface area contributed by atoms with Crippen LogP contribution in [0.4, 0.5) is 15.8 Å². The van der Waals surface area contributed by atoms with E-state index < -0.39 is 0 Å². The lowest BCUT2D eigenvalue weighted by Crippen LogP contribution is -2.44. The number of piperazine rings is 1. The van der Waals surface area contributed by atoms with Crippen LogP contribution in [-0.4, -0.2) is 44.0 Å². The van der Waals surface area contributed by atoms with Gasteiger partial charge >= 0.3 is 0 Å². The number of hydrogen-bond acceptors (Lipinski definition) is 3. The van der Waals surface area contributed by atoms with Gasteiger partial charge in [0, 0.05) is 26.2 Å². The first kappa shape index (κ1) is 16.5. The summed E-state index contributed by atoms with van der Waals surface area (Å²) in [6.07, 6.45) is 0.162. The monoisotopic (exact) mass is 327 g/mol. The maximum Gasteiger partial charge on any atom is 0.228 e. The van der Waals surface area contributed by atoms with Gasteiger partial charge in [-0.15, -0.1) is 0 Å². The topological polar surface area (TPSA) is 35.6 Å². The Morgan fingerprint density at radius 1 is 1.08 bits per heavy atom. The Kier molecular flexibility index (Phi) is 5.11. The third-order valence-electron chi connectivity index (χ3n) is 4.28. The fraction of sp³-hybridized carbons (Fsp3) is 0.316. The normalized spacial score (nSPS) is 15.3. The van der Waals surface area contributed by atoms with Crippen molar-refractivity contribution in [2.45, 2.75) is 6.42 Å². The van der Waals surface area contributed by atoms with E-state index in [1.165, 1.54) is 12.1 Å². The number of benzene rings is 2. The number of amides is 1. The SMILES string of the molecule is CN1CCN(c2ccccc2NC(=O)Cc2cccc(F)c2)CC1. The molecular formula is C19H22FN3O. The highest BCUT2D eigenvalue weighted by Crippen LogP contribution is 2.26. The second kappa shape index (κ2) is 7.45. The van der Waals surface area contributed by atoms with Crippen molar-refractivity contribution in [3.05, 3.63) is 59.9 Å². The van der Waals surface area contributed by atoms with E-state index in [-0.39, 0.29) is 18.1 Å². The van der Waals surface area contributed by atoms with Crippen molar-refractivity contribution in [2.24, 2.45) is 0 Å². The fourth-order valence-corrected chi connectivity index (χ4v) is 2.93. The van der Waals surface area contributed by atoms with Crippen molar-refractivity contribution >= 4 is 17.3 Å². The van der Waals surface area contributed by atoms with Crippen LogP contribution in [0.2, 0.25) is 0 Å². The summed E-state index contributed by atoms with van der Waals surface area (Å²) in [6, 6.07) is 14.0. The number of rotatable bonds is 4. The Morgan fingerprint density at radius 2 is 1.83 bits per heavy atom. The van der Waals surface area contributed by atoms with Gasteiger partial charge in [0.25, 0.3) is 0 Å². The number of anilines is 2. The summed E-state index contributed by atoms with van der Waals surface area (Å²) in [7, 11) is 2.12. The second-order valence-corrected chi connectivity index (χ2v) is 6.16. The molecule has 126 valence electrons. The van der Waals surface area contributed by atoms with Crippen LogP contribution in [0.1, 0.15) is 5.56 Å². The Labute approximate surface area is 141 Å². The van der Waals surface area contributed by atoms with Gasteiger partial charge in [-0.3, -0.25) is 4.79 Å². The Bertz CT molecular complexity index is 711. The minimum absolute atomic E-state index is 0.137. The molecule has 2 aromatic carbocycles. The van der Waals surface area contributed by atoms with Crippen LogP contribution >= 0.6 is 0 Å². The van der Waals surface area contributed by atoms with Crippen molar-refractivity contribution in [3.63, 3.8) is 0 Å². The van der Waals surface area contributed by atoms with Gasteiger partial charge in [-0.25, -0.2) is 4.39 Å². The molecule has 0 bridgehead atoms. The first-order valence-corrected chi connectivity index (χ1v) is 8.18. The summed E-state index contributed by atoms with van der Waals surface area (Å²) in [4.78, 5) is 16.9. The van der Waals surface area contributed by atoms with Gasteiger partial charge in [-0.1, -0.05) is 24.3 Å². The fourth-order valence-electron chi connectivity index (χ4n) is 2.93. The van der Waals surface area contributed by atoms with Crippen LogP contribution in [0.15, 0.2) is 48.5 Å². The van der Waals surface area contributed by atoms with E-state index in [2.05, 4.69) is 22.2 Å². The van der Waals surface area contributed by atoms with Crippen molar-refractivity contribution < 1.29 is 9.18 Å². The average Bonchev–Trinajstić information content (AvgIpc) is 2.56. The van der Waals surface area contributed by atoms with Crippen molar-refractivity contribution in [2.75, 3.05) is 43.4 Å². The Morgan fingerprint density at radius 3 is 2.58 bits per heavy atom. The van der Waals surface area contributed by atoms with E-state index in [1.54, 1.807) is 12.1 Å². The molecule has 0 spiro atoms. The number of hydrogen-bond donors (Lipinski definition) is 1. The average molecular weight is 327 g/mol. The van der Waals surface area contributed by atoms with Crippen LogP contribution in [0, 0.1) is 5.82 Å². The van der Waals surface area contributed by atoms with E-state index in [9.17, 15) is 9.18 Å². The molecule has 0 unspecified atom stereocenters. The lowest BCUT2D eigenvalue weighted by molar-refractivity contribution is -0.115. The summed E-state index contributed by atoms with van der Waals surface area (Å²) in [5, 5.41) is 2.97. The van der Waals surface area contributed by atoms with E-state index in [0.717, 1.165) is 37.6 Å². The number of carbonyl (C=O) groups is 1. The molecule has 0 aromatic heterocycles. The van der Waals surface area contributed by atoms with Gasteiger partial charge < -0.3 is 15.1 Å². The zero-order valence-corrected chi connectivity index (χ0v) is 13.8. The molecule has 2 aromatic rings. The van der Waals surface area contributed by atoms with Crippen LogP contribution < -0.4 is 10.2 Å². The number of carbonyl (C=O) groups excluding carboxylic acids is 1. The second-order valence-electron chi connectivity index (χ2n) is 6.16. The number of likely N-dealkylation sites (N-methyl/N-ethyl adjacent to an activating group) is 1. The molecule has 3 rings (SSSR count). The molecular weight excluding hydrogens is 305 g/mol. The van der Waals surface area contributed by atoms with E-state index >= 15 is 0 Å². The van der Waals surface area contributed by atoms with Crippen molar-refractivity contribution in [3.8, 4) is 0 Å². The third-order valence-corrected chi connectivity index (χ3v) is 4.28. The minimum Gasteiger partial charge on any atom is -0.367 e. The first-order chi connectivity index (χ1) is 11.6. The summed E-state index contributed by atoms with van der Waals surface area (Å²) in [5.41, 5.74) is 2.52. The summed E-state index contributed by atoms with van der Waals surface area (Å²) < 4.78 is 13.2. The maximum absolute atomic E-state index is 13.2. The molecule has 0 aliphatic carbocycles. The van der Waals surface area contributed by atoms with E-state index in [0.29, 0.717) is 5.56 Å². The number of para-hydroxylation sites is 2. The molecule has 1 N–H and O–H groups in total. The van der Waals surface area contributed by atoms with E-state index in [4.69, 9.17) is 0 Å². The summed E-state index contributed by atoms with van der Waals surface area (Å²) in [5.74, 6) is -0.458. The minimum atomic E-state index is -0.321. The highest BCUT2D eigenvalue weighted by molar-refractivity contribution is 5.95. The zero-order chi connectivity index (χ0) is 16.9.